The highest BCUT2D eigenvalue weighted by Gasteiger charge is 2.34. The Kier molecular flexibility index (Phi) is 7.18. The van der Waals surface area contributed by atoms with Gasteiger partial charge in [-0.2, -0.15) is 4.98 Å². The summed E-state index contributed by atoms with van der Waals surface area (Å²) in [5.74, 6) is 2.30. The topological polar surface area (TPSA) is 90.0 Å². The second-order valence-electron chi connectivity index (χ2n) is 11.8. The summed E-state index contributed by atoms with van der Waals surface area (Å²) in [6.45, 7) is 8.33. The summed E-state index contributed by atoms with van der Waals surface area (Å²) in [5.41, 5.74) is 6.37. The lowest BCUT2D eigenvalue weighted by Gasteiger charge is -2.43. The second-order valence-corrected chi connectivity index (χ2v) is 11.8. The third-order valence-electron chi connectivity index (χ3n) is 9.31. The highest BCUT2D eigenvalue weighted by atomic mass is 16.5. The average Bonchev–Trinajstić information content (AvgIpc) is 3.53. The van der Waals surface area contributed by atoms with Crippen molar-refractivity contribution < 1.29 is 14.6 Å². The Balaban J connectivity index is 1.35. The number of aliphatic hydroxyl groups excluding tert-OH is 1. The number of anilines is 2. The number of H-pyrrole nitrogens is 1. The van der Waals surface area contributed by atoms with Crippen molar-refractivity contribution in [2.45, 2.75) is 44.2 Å². The predicted octanol–water partition coefficient (Wildman–Crippen LogP) is 4.25. The molecule has 1 aromatic carbocycles. The number of rotatable bonds is 5. The van der Waals surface area contributed by atoms with E-state index in [-0.39, 0.29) is 12.7 Å². The van der Waals surface area contributed by atoms with Crippen LogP contribution in [0.3, 0.4) is 0 Å². The van der Waals surface area contributed by atoms with Crippen LogP contribution in [0.4, 0.5) is 11.8 Å². The van der Waals surface area contributed by atoms with Crippen LogP contribution < -0.4 is 9.80 Å². The van der Waals surface area contributed by atoms with E-state index < -0.39 is 0 Å². The van der Waals surface area contributed by atoms with Crippen LogP contribution in [0.2, 0.25) is 0 Å². The van der Waals surface area contributed by atoms with Gasteiger partial charge in [0.2, 0.25) is 5.95 Å². The first-order valence-corrected chi connectivity index (χ1v) is 15.1. The highest BCUT2D eigenvalue weighted by molar-refractivity contribution is 5.96. The van der Waals surface area contributed by atoms with Gasteiger partial charge in [-0.25, -0.2) is 4.98 Å². The largest absolute Gasteiger partial charge is 0.394 e. The maximum Gasteiger partial charge on any atom is 0.228 e. The molecule has 2 N–H and O–H groups in total. The van der Waals surface area contributed by atoms with Crippen LogP contribution in [0.25, 0.3) is 22.2 Å². The molecular formula is C32H40N6O3. The smallest absolute Gasteiger partial charge is 0.228 e. The van der Waals surface area contributed by atoms with Crippen LogP contribution in [-0.2, 0) is 9.47 Å². The molecule has 9 nitrogen and oxygen atoms in total. The summed E-state index contributed by atoms with van der Waals surface area (Å²) >= 11 is 0. The predicted molar refractivity (Wildman–Crippen MR) is 162 cm³/mol. The number of nitrogens with zero attached hydrogens (tertiary/aromatic N) is 5. The molecular weight excluding hydrogens is 516 g/mol. The average molecular weight is 557 g/mol. The molecule has 216 valence electrons. The van der Waals surface area contributed by atoms with Gasteiger partial charge in [0.15, 0.2) is 0 Å². The monoisotopic (exact) mass is 556 g/mol. The molecule has 2 saturated heterocycles. The van der Waals surface area contributed by atoms with E-state index in [0.717, 1.165) is 58.0 Å². The van der Waals surface area contributed by atoms with Crippen LogP contribution in [0, 0.1) is 5.92 Å². The van der Waals surface area contributed by atoms with Crippen molar-refractivity contribution in [3.8, 4) is 0 Å². The summed E-state index contributed by atoms with van der Waals surface area (Å²) in [6, 6.07) is 8.99. The molecule has 2 aromatic heterocycles. The van der Waals surface area contributed by atoms with Crippen molar-refractivity contribution in [1.29, 1.82) is 0 Å². The number of ether oxygens (including phenoxy) is 2. The number of aromatic amines is 1. The highest BCUT2D eigenvalue weighted by Crippen LogP contribution is 2.39. The fraction of sp³-hybridized carbons (Fsp3) is 0.500. The van der Waals surface area contributed by atoms with Gasteiger partial charge in [0.05, 0.1) is 55.5 Å². The third-order valence-corrected chi connectivity index (χ3v) is 9.31. The number of benzene rings is 1. The SMILES string of the molecule is C=C1c2[nH]ccc2C(c2ccc3nc(N4CCO[C@H](CO)C4)nc(N4CCOC[C@@H]4C4CCCCC4)c3c2)=CN1C. The molecule has 0 spiro atoms. The number of morpholine rings is 2. The first-order chi connectivity index (χ1) is 20.1. The Labute approximate surface area is 241 Å². The van der Waals surface area contributed by atoms with Gasteiger partial charge in [-0.05, 0) is 42.5 Å². The Bertz CT molecular complexity index is 1460. The first kappa shape index (κ1) is 26.5. The fourth-order valence-electron chi connectivity index (χ4n) is 7.02. The first-order valence-electron chi connectivity index (χ1n) is 15.1. The number of aromatic nitrogens is 3. The fourth-order valence-corrected chi connectivity index (χ4v) is 7.02. The number of aliphatic hydroxyl groups is 1. The number of hydrogen-bond acceptors (Lipinski definition) is 8. The van der Waals surface area contributed by atoms with Crippen molar-refractivity contribution in [1.82, 2.24) is 19.9 Å². The molecule has 3 aromatic rings. The lowest BCUT2D eigenvalue weighted by molar-refractivity contribution is 0.00315. The number of nitrogens with one attached hydrogen (secondary N) is 1. The van der Waals surface area contributed by atoms with Gasteiger partial charge in [0.25, 0.3) is 0 Å². The number of fused-ring (bicyclic) bond motifs is 2. The lowest BCUT2D eigenvalue weighted by atomic mass is 9.83. The summed E-state index contributed by atoms with van der Waals surface area (Å²) in [5, 5.41) is 10.8. The Hall–Kier alpha value is -3.40. The summed E-state index contributed by atoms with van der Waals surface area (Å²) in [6.07, 6.45) is 10.3. The van der Waals surface area contributed by atoms with E-state index in [4.69, 9.17) is 19.4 Å². The van der Waals surface area contributed by atoms with Gasteiger partial charge >= 0.3 is 0 Å². The summed E-state index contributed by atoms with van der Waals surface area (Å²) < 4.78 is 11.8. The minimum Gasteiger partial charge on any atom is -0.394 e. The molecule has 0 radical (unpaired) electrons. The van der Waals surface area contributed by atoms with Gasteiger partial charge in [-0.1, -0.05) is 31.9 Å². The van der Waals surface area contributed by atoms with Crippen LogP contribution in [0.15, 0.2) is 43.2 Å². The lowest BCUT2D eigenvalue weighted by Crippen LogP contribution is -2.51. The molecule has 0 bridgehead atoms. The molecule has 41 heavy (non-hydrogen) atoms. The van der Waals surface area contributed by atoms with Crippen molar-refractivity contribution in [3.05, 3.63) is 60.1 Å². The molecule has 2 atom stereocenters. The molecule has 3 fully saturated rings. The summed E-state index contributed by atoms with van der Waals surface area (Å²) in [7, 11) is 2.04. The van der Waals surface area contributed by atoms with E-state index in [0.29, 0.717) is 44.2 Å². The zero-order valence-corrected chi connectivity index (χ0v) is 23.9. The normalized spacial score (nSPS) is 24.1. The third kappa shape index (κ3) is 4.90. The minimum atomic E-state index is -0.229. The van der Waals surface area contributed by atoms with Crippen molar-refractivity contribution in [3.63, 3.8) is 0 Å². The minimum absolute atomic E-state index is 0.00929. The van der Waals surface area contributed by atoms with E-state index >= 15 is 0 Å². The van der Waals surface area contributed by atoms with Crippen LogP contribution in [0.1, 0.15) is 48.9 Å². The van der Waals surface area contributed by atoms with Gasteiger partial charge in [0.1, 0.15) is 5.82 Å². The van der Waals surface area contributed by atoms with Crippen molar-refractivity contribution in [2.24, 2.45) is 5.92 Å². The molecule has 9 heteroatoms. The maximum absolute atomic E-state index is 9.78. The van der Waals surface area contributed by atoms with Crippen molar-refractivity contribution in [2.75, 3.05) is 62.9 Å². The number of hydrogen-bond donors (Lipinski definition) is 2. The van der Waals surface area contributed by atoms with Gasteiger partial charge in [-0.3, -0.25) is 0 Å². The van der Waals surface area contributed by atoms with Crippen molar-refractivity contribution >= 4 is 33.9 Å². The quantitative estimate of drug-likeness (QED) is 0.482. The molecule has 0 unspecified atom stereocenters. The Morgan fingerprint density at radius 3 is 2.83 bits per heavy atom. The van der Waals surface area contributed by atoms with E-state index in [9.17, 15) is 5.11 Å². The van der Waals surface area contributed by atoms with E-state index in [1.165, 1.54) is 32.1 Å². The Morgan fingerprint density at radius 1 is 1.10 bits per heavy atom. The van der Waals surface area contributed by atoms with Crippen LogP contribution in [-0.4, -0.2) is 90.2 Å². The Morgan fingerprint density at radius 2 is 1.98 bits per heavy atom. The van der Waals surface area contributed by atoms with E-state index in [1.807, 2.05) is 13.2 Å². The second kappa shape index (κ2) is 11.1. The van der Waals surface area contributed by atoms with Crippen LogP contribution in [0.5, 0.6) is 0 Å². The molecule has 3 aliphatic heterocycles. The maximum atomic E-state index is 9.78. The molecule has 4 aliphatic rings. The van der Waals surface area contributed by atoms with Gasteiger partial charge < -0.3 is 34.3 Å². The molecule has 1 saturated carbocycles. The zero-order valence-electron chi connectivity index (χ0n) is 23.9. The van der Waals surface area contributed by atoms with Gasteiger partial charge in [0, 0.05) is 55.6 Å². The van der Waals surface area contributed by atoms with Gasteiger partial charge in [-0.15, -0.1) is 0 Å². The molecule has 5 heterocycles. The molecule has 0 amide bonds. The van der Waals surface area contributed by atoms with Crippen LogP contribution >= 0.6 is 0 Å². The van der Waals surface area contributed by atoms with E-state index in [2.05, 4.69) is 56.7 Å². The zero-order chi connectivity index (χ0) is 27.9. The summed E-state index contributed by atoms with van der Waals surface area (Å²) in [4.78, 5) is 20.5. The van der Waals surface area contributed by atoms with E-state index in [1.54, 1.807) is 0 Å². The molecule has 1 aliphatic carbocycles. The standard InChI is InChI=1S/C32H40N6O3/c1-21-30-25(10-11-33-30)27(18-36(21)2)23-8-9-28-26(16-23)31(35-32(34-28)37-12-15-41-24(17-37)19-39)38-13-14-40-20-29(38)22-6-4-3-5-7-22/h8-11,16,18,22,24,29,33,39H,1,3-7,12-15,17,19-20H2,2H3/t24-,29+/m0/s1. The molecule has 7 rings (SSSR count).